The van der Waals surface area contributed by atoms with Crippen LogP contribution in [-0.2, 0) is 11.2 Å². The molecule has 0 radical (unpaired) electrons. The van der Waals surface area contributed by atoms with Crippen LogP contribution in [-0.4, -0.2) is 68.0 Å². The number of anilines is 2. The molecular weight excluding hydrogens is 473 g/mol. The summed E-state index contributed by atoms with van der Waals surface area (Å²) in [5.41, 5.74) is 3.59. The molecule has 168 valence electrons. The molecule has 0 aliphatic carbocycles. The van der Waals surface area contributed by atoms with E-state index in [2.05, 4.69) is 46.0 Å². The highest BCUT2D eigenvalue weighted by molar-refractivity contribution is 8.00. The third-order valence-corrected chi connectivity index (χ3v) is 8.07. The Balaban J connectivity index is 0.00000272. The van der Waals surface area contributed by atoms with Gasteiger partial charge in [0, 0.05) is 55.1 Å². The number of aldehydes is 1. The molecule has 2 aromatic carbocycles. The average Bonchev–Trinajstić information content (AvgIpc) is 2.76. The molecule has 31 heavy (non-hydrogen) atoms. The minimum atomic E-state index is -0.193. The molecule has 2 aliphatic rings. The topological polar surface area (TPSA) is 26.8 Å². The lowest BCUT2D eigenvalue weighted by Gasteiger charge is -2.40. The van der Waals surface area contributed by atoms with Gasteiger partial charge in [-0.15, -0.1) is 12.4 Å². The molecule has 0 N–H and O–H groups in total. The largest absolute Gasteiger partial charge is 0.369 e. The number of thioether (sulfide) groups is 1. The zero-order chi connectivity index (χ0) is 21.1. The lowest BCUT2D eigenvalue weighted by molar-refractivity contribution is -0.109. The molecule has 8 heteroatoms. The van der Waals surface area contributed by atoms with Crippen molar-refractivity contribution in [3.05, 3.63) is 58.1 Å². The van der Waals surface area contributed by atoms with E-state index in [1.54, 1.807) is 6.07 Å². The van der Waals surface area contributed by atoms with Crippen LogP contribution in [0.2, 0.25) is 10.0 Å². The summed E-state index contributed by atoms with van der Waals surface area (Å²) >= 11 is 14.2. The van der Waals surface area contributed by atoms with Gasteiger partial charge in [-0.25, -0.2) is 0 Å². The van der Waals surface area contributed by atoms with Gasteiger partial charge in [0.05, 0.1) is 16.1 Å². The molecule has 0 aromatic heterocycles. The van der Waals surface area contributed by atoms with E-state index in [1.807, 2.05) is 23.9 Å². The van der Waals surface area contributed by atoms with Crippen LogP contribution < -0.4 is 9.80 Å². The van der Waals surface area contributed by atoms with Crippen molar-refractivity contribution >= 4 is 65.0 Å². The molecule has 0 spiro atoms. The monoisotopic (exact) mass is 499 g/mol. The van der Waals surface area contributed by atoms with Crippen LogP contribution in [0.5, 0.6) is 0 Å². The van der Waals surface area contributed by atoms with Crippen molar-refractivity contribution in [3.8, 4) is 0 Å². The number of carbonyl (C=O) groups excluding carboxylic acids is 1. The zero-order valence-electron chi connectivity index (χ0n) is 17.5. The van der Waals surface area contributed by atoms with Crippen LogP contribution in [0.15, 0.2) is 42.5 Å². The summed E-state index contributed by atoms with van der Waals surface area (Å²) in [6, 6.07) is 14.1. The summed E-state index contributed by atoms with van der Waals surface area (Å²) in [6.45, 7) is 5.06. The van der Waals surface area contributed by atoms with E-state index < -0.39 is 0 Å². The van der Waals surface area contributed by atoms with Crippen LogP contribution in [0, 0.1) is 0 Å². The second-order valence-corrected chi connectivity index (χ2v) is 10.1. The fraction of sp³-hybridized carbons (Fsp3) is 0.435. The van der Waals surface area contributed by atoms with E-state index in [0.29, 0.717) is 10.0 Å². The average molecular weight is 501 g/mol. The van der Waals surface area contributed by atoms with Gasteiger partial charge < -0.3 is 19.5 Å². The highest BCUT2D eigenvalue weighted by Crippen LogP contribution is 2.35. The zero-order valence-corrected chi connectivity index (χ0v) is 20.7. The molecule has 2 atom stereocenters. The first kappa shape index (κ1) is 24.5. The maximum atomic E-state index is 12.2. The van der Waals surface area contributed by atoms with Crippen molar-refractivity contribution in [1.29, 1.82) is 0 Å². The van der Waals surface area contributed by atoms with Crippen molar-refractivity contribution < 1.29 is 4.79 Å². The minimum Gasteiger partial charge on any atom is -0.369 e. The number of rotatable bonds is 5. The second kappa shape index (κ2) is 11.2. The van der Waals surface area contributed by atoms with E-state index >= 15 is 0 Å². The Morgan fingerprint density at radius 1 is 1.03 bits per heavy atom. The summed E-state index contributed by atoms with van der Waals surface area (Å²) < 4.78 is 0. The summed E-state index contributed by atoms with van der Waals surface area (Å²) in [6.07, 6.45) is 1.96. The van der Waals surface area contributed by atoms with Crippen LogP contribution in [0.3, 0.4) is 0 Å². The Hall–Kier alpha value is -1.11. The second-order valence-electron chi connectivity index (χ2n) is 7.95. The van der Waals surface area contributed by atoms with Gasteiger partial charge in [0.2, 0.25) is 0 Å². The highest BCUT2D eigenvalue weighted by Gasteiger charge is 2.33. The standard InChI is InChI=1S/C23H27Cl2N3OS.ClH/c1-26-8-10-27(11-9-26)21-5-3-2-4-17(21)14-23-22(16-29)28(12-13-30-23)18-6-7-19(24)20(25)15-18;/h2-7,15-16,22-23H,8-14H2,1H3;1H. The van der Waals surface area contributed by atoms with Crippen LogP contribution in [0.1, 0.15) is 5.56 Å². The number of hydrogen-bond acceptors (Lipinski definition) is 5. The maximum Gasteiger partial charge on any atom is 0.143 e. The fourth-order valence-corrected chi connectivity index (χ4v) is 5.92. The molecule has 2 saturated heterocycles. The van der Waals surface area contributed by atoms with E-state index in [0.717, 1.165) is 56.9 Å². The van der Waals surface area contributed by atoms with Crippen molar-refractivity contribution in [1.82, 2.24) is 4.90 Å². The number of likely N-dealkylation sites (N-methyl/N-ethyl adjacent to an activating group) is 1. The minimum absolute atomic E-state index is 0. The quantitative estimate of drug-likeness (QED) is 0.544. The Morgan fingerprint density at radius 3 is 2.48 bits per heavy atom. The number of nitrogens with zero attached hydrogens (tertiary/aromatic N) is 3. The summed E-state index contributed by atoms with van der Waals surface area (Å²) in [5, 5.41) is 1.25. The Bertz CT molecular complexity index is 892. The van der Waals surface area contributed by atoms with E-state index in [4.69, 9.17) is 23.2 Å². The predicted octanol–water partition coefficient (Wildman–Crippen LogP) is 4.90. The lowest BCUT2D eigenvalue weighted by atomic mass is 10.0. The Kier molecular flexibility index (Phi) is 8.82. The Morgan fingerprint density at radius 2 is 1.77 bits per heavy atom. The lowest BCUT2D eigenvalue weighted by Crippen LogP contribution is -2.50. The molecule has 0 amide bonds. The summed E-state index contributed by atoms with van der Waals surface area (Å²) in [5.74, 6) is 0.978. The smallest absolute Gasteiger partial charge is 0.143 e. The third-order valence-electron chi connectivity index (χ3n) is 6.04. The van der Waals surface area contributed by atoms with Gasteiger partial charge in [-0.1, -0.05) is 41.4 Å². The van der Waals surface area contributed by atoms with Gasteiger partial charge >= 0.3 is 0 Å². The maximum absolute atomic E-state index is 12.2. The molecule has 2 fully saturated rings. The predicted molar refractivity (Wildman–Crippen MR) is 137 cm³/mol. The van der Waals surface area contributed by atoms with Gasteiger partial charge in [-0.2, -0.15) is 11.8 Å². The number of halogens is 3. The molecule has 0 bridgehead atoms. The van der Waals surface area contributed by atoms with Crippen molar-refractivity contribution in [2.24, 2.45) is 0 Å². The Labute approximate surface area is 205 Å². The van der Waals surface area contributed by atoms with Crippen LogP contribution in [0.4, 0.5) is 11.4 Å². The normalized spacial score (nSPS) is 22.2. The van der Waals surface area contributed by atoms with Gasteiger partial charge in [-0.3, -0.25) is 0 Å². The van der Waals surface area contributed by atoms with E-state index in [-0.39, 0.29) is 23.7 Å². The number of benzene rings is 2. The summed E-state index contributed by atoms with van der Waals surface area (Å²) in [4.78, 5) is 19.2. The van der Waals surface area contributed by atoms with E-state index in [1.165, 1.54) is 11.3 Å². The van der Waals surface area contributed by atoms with Crippen molar-refractivity contribution in [2.75, 3.05) is 55.3 Å². The van der Waals surface area contributed by atoms with Crippen molar-refractivity contribution in [2.45, 2.75) is 17.7 Å². The van der Waals surface area contributed by atoms with Crippen LogP contribution >= 0.6 is 47.4 Å². The molecule has 4 nitrogen and oxygen atoms in total. The van der Waals surface area contributed by atoms with Crippen LogP contribution in [0.25, 0.3) is 0 Å². The van der Waals surface area contributed by atoms with Crippen molar-refractivity contribution in [3.63, 3.8) is 0 Å². The third kappa shape index (κ3) is 5.63. The fourth-order valence-electron chi connectivity index (χ4n) is 4.31. The number of carbonyl (C=O) groups is 1. The van der Waals surface area contributed by atoms with Gasteiger partial charge in [0.15, 0.2) is 0 Å². The summed E-state index contributed by atoms with van der Waals surface area (Å²) in [7, 11) is 2.17. The van der Waals surface area contributed by atoms with Gasteiger partial charge in [0.1, 0.15) is 6.29 Å². The molecular formula is C23H28Cl3N3OS. The highest BCUT2D eigenvalue weighted by atomic mass is 35.5. The molecule has 2 aromatic rings. The molecule has 2 heterocycles. The number of piperazine rings is 1. The van der Waals surface area contributed by atoms with E-state index in [9.17, 15) is 4.79 Å². The number of hydrogen-bond donors (Lipinski definition) is 0. The molecule has 2 unspecified atom stereocenters. The molecule has 0 saturated carbocycles. The molecule has 4 rings (SSSR count). The molecule has 2 aliphatic heterocycles. The van der Waals surface area contributed by atoms with Gasteiger partial charge in [0.25, 0.3) is 0 Å². The number of para-hydroxylation sites is 1. The first-order valence-corrected chi connectivity index (χ1v) is 12.2. The first-order valence-electron chi connectivity index (χ1n) is 10.4. The first-order chi connectivity index (χ1) is 14.6. The SMILES string of the molecule is CN1CCN(c2ccccc2CC2SCCN(c3ccc(Cl)c(Cl)c3)C2C=O)CC1.Cl. The van der Waals surface area contributed by atoms with Gasteiger partial charge in [-0.05, 0) is 43.3 Å².